The molecule has 0 unspecified atom stereocenters. The van der Waals surface area contributed by atoms with Crippen molar-refractivity contribution in [3.8, 4) is 23.0 Å². The van der Waals surface area contributed by atoms with Crippen LogP contribution in [0.1, 0.15) is 103 Å². The van der Waals surface area contributed by atoms with Gasteiger partial charge in [0.15, 0.2) is 0 Å². The quantitative estimate of drug-likeness (QED) is 0.162. The number of anilines is 12. The number of ether oxygens (including phenoxy) is 2. The van der Waals surface area contributed by atoms with E-state index in [0.29, 0.717) is 0 Å². The first kappa shape index (κ1) is 57.1. The Morgan fingerprint density at radius 3 is 1.18 bits per heavy atom. The van der Waals surface area contributed by atoms with Gasteiger partial charge in [0.25, 0.3) is 13.4 Å². The van der Waals surface area contributed by atoms with Gasteiger partial charge in [-0.15, -0.1) is 0 Å². The van der Waals surface area contributed by atoms with Crippen LogP contribution in [0.25, 0.3) is 0 Å². The van der Waals surface area contributed by atoms with Gasteiger partial charge in [0, 0.05) is 74.6 Å². The predicted octanol–water partition coefficient (Wildman–Crippen LogP) is 14.3. The summed E-state index contributed by atoms with van der Waals surface area (Å²) in [6.07, 6.45) is 4.52. The molecule has 6 aliphatic heterocycles. The zero-order chi connectivity index (χ0) is 64.6. The summed E-state index contributed by atoms with van der Waals surface area (Å²) in [6.45, 7) is 26.3. The molecule has 2 aromatic heterocycles. The fourth-order valence-electron chi connectivity index (χ4n) is 18.3. The lowest BCUT2D eigenvalue weighted by molar-refractivity contribution is 0.332. The van der Waals surface area contributed by atoms with E-state index in [1.54, 1.807) is 0 Å². The summed E-state index contributed by atoms with van der Waals surface area (Å²) < 4.78 is 15.4. The Morgan fingerprint density at radius 1 is 0.368 bits per heavy atom. The molecule has 19 rings (SSSR count). The molecule has 8 heterocycles. The van der Waals surface area contributed by atoms with Crippen molar-refractivity contribution in [1.29, 1.82) is 0 Å². The molecule has 2 aliphatic carbocycles. The van der Waals surface area contributed by atoms with Crippen LogP contribution in [0, 0.1) is 0 Å². The minimum Gasteiger partial charge on any atom is -0.458 e. The Hall–Kier alpha value is -9.36. The third kappa shape index (κ3) is 8.01. The van der Waals surface area contributed by atoms with Crippen LogP contribution < -0.4 is 82.6 Å². The third-order valence-electron chi connectivity index (χ3n) is 23.7. The number of nitrogens with zero attached hydrogens (tertiary/aromatic N) is 6. The second kappa shape index (κ2) is 19.6. The van der Waals surface area contributed by atoms with E-state index in [4.69, 9.17) is 19.4 Å². The Labute approximate surface area is 562 Å². The van der Waals surface area contributed by atoms with E-state index in [9.17, 15) is 0 Å². The highest BCUT2D eigenvalue weighted by Crippen LogP contribution is 2.53. The highest BCUT2D eigenvalue weighted by atomic mass is 28.3. The molecule has 0 spiro atoms. The van der Waals surface area contributed by atoms with Crippen molar-refractivity contribution in [3.05, 3.63) is 229 Å². The monoisotopic (exact) mass is 1270 g/mol. The van der Waals surface area contributed by atoms with Gasteiger partial charge in [-0.3, -0.25) is 19.6 Å². The zero-order valence-electron chi connectivity index (χ0n) is 56.2. The largest absolute Gasteiger partial charge is 0.458 e. The molecule has 0 amide bonds. The summed E-state index contributed by atoms with van der Waals surface area (Å²) in [7, 11) is -3.70. The molecule has 9 aromatic carbocycles. The Kier molecular flexibility index (Phi) is 11.8. The smallest absolute Gasteiger partial charge is 0.258 e. The van der Waals surface area contributed by atoms with Gasteiger partial charge in [-0.05, 0) is 173 Å². The summed E-state index contributed by atoms with van der Waals surface area (Å²) >= 11 is 0. The second-order valence-electron chi connectivity index (χ2n) is 31.4. The van der Waals surface area contributed by atoms with Gasteiger partial charge in [0.1, 0.15) is 63.1 Å². The molecule has 464 valence electrons. The van der Waals surface area contributed by atoms with Crippen molar-refractivity contribution in [2.24, 2.45) is 0 Å². The minimum atomic E-state index is -2.14. The first-order valence-electron chi connectivity index (χ1n) is 34.4. The van der Waals surface area contributed by atoms with Crippen LogP contribution in [0.5, 0.6) is 23.0 Å². The van der Waals surface area contributed by atoms with Crippen molar-refractivity contribution in [2.45, 2.75) is 122 Å². The number of aromatic nitrogens is 2. The van der Waals surface area contributed by atoms with Gasteiger partial charge in [-0.25, -0.2) is 9.97 Å². The standard InChI is InChI=1S/C83H76B2N6O2Si2/c1-80(2)40-42-82(5,6)54-44-50(36-38-52(54)80)88-60-26-14-12-24-56(60)84-58-46-59-67(47-66(58)92-68-48-74(86-78(88)76(68)84)90-62-28-16-20-32-70(62)94(9)71-33-21-17-29-63(71)90)93-69-49-75(91-64-30-18-22-34-72(64)95(10,11)73-35-23-19-31-65(73)91)87-79-77(69)85(59)57-25-13-15-27-61(57)89(79)51-37-39-53-55(45-51)83(7,8)43-41-81(53,3)4/h12-39,44-49,94H,40-43H2,1-11H3. The molecule has 0 fully saturated rings. The van der Waals surface area contributed by atoms with Gasteiger partial charge in [-0.1, -0.05) is 202 Å². The summed E-state index contributed by atoms with van der Waals surface area (Å²) in [6, 6.07) is 77.9. The van der Waals surface area contributed by atoms with Crippen molar-refractivity contribution in [2.75, 3.05) is 19.6 Å². The molecule has 12 heteroatoms. The predicted molar refractivity (Wildman–Crippen MR) is 403 cm³/mol. The van der Waals surface area contributed by atoms with Gasteiger partial charge >= 0.3 is 0 Å². The molecular formula is C83H76B2N6O2Si2. The number of hydrogen-bond acceptors (Lipinski definition) is 8. The Morgan fingerprint density at radius 2 is 0.737 bits per heavy atom. The lowest BCUT2D eigenvalue weighted by Gasteiger charge is -2.44. The molecule has 8 nitrogen and oxygen atoms in total. The van der Waals surface area contributed by atoms with Crippen molar-refractivity contribution < 1.29 is 9.47 Å². The summed E-state index contributed by atoms with van der Waals surface area (Å²) in [5, 5.41) is 5.57. The van der Waals surface area contributed by atoms with Gasteiger partial charge in [0.2, 0.25) is 0 Å². The average Bonchev–Trinajstić information content (AvgIpc) is 0.697. The number of fused-ring (bicyclic) bond motifs is 14. The fourth-order valence-corrected chi connectivity index (χ4v) is 23.8. The van der Waals surface area contributed by atoms with Crippen LogP contribution in [0.15, 0.2) is 206 Å². The fraction of sp³-hybridized carbons (Fsp3) is 0.229. The number of para-hydroxylation sites is 6. The molecule has 0 bridgehead atoms. The van der Waals surface area contributed by atoms with E-state index in [2.05, 4.69) is 301 Å². The Balaban J connectivity index is 0.847. The summed E-state index contributed by atoms with van der Waals surface area (Å²) in [5.74, 6) is 6.54. The number of benzene rings is 9. The van der Waals surface area contributed by atoms with Gasteiger partial charge in [-0.2, -0.15) is 0 Å². The van der Waals surface area contributed by atoms with Crippen LogP contribution in [0.4, 0.5) is 68.8 Å². The molecule has 95 heavy (non-hydrogen) atoms. The minimum absolute atomic E-state index is 0.0135. The molecule has 0 radical (unpaired) electrons. The van der Waals surface area contributed by atoms with E-state index in [1.165, 1.54) is 76.7 Å². The average molecular weight is 1270 g/mol. The van der Waals surface area contributed by atoms with Crippen molar-refractivity contribution in [3.63, 3.8) is 0 Å². The molecule has 0 saturated heterocycles. The summed E-state index contributed by atoms with van der Waals surface area (Å²) in [4.78, 5) is 21.9. The van der Waals surface area contributed by atoms with Gasteiger partial charge in [0.05, 0.1) is 0 Å². The highest BCUT2D eigenvalue weighted by Gasteiger charge is 2.50. The summed E-state index contributed by atoms with van der Waals surface area (Å²) in [5.41, 5.74) is 21.6. The van der Waals surface area contributed by atoms with Crippen molar-refractivity contribution >= 4 is 153 Å². The lowest BCUT2D eigenvalue weighted by atomic mass is 9.31. The molecule has 0 N–H and O–H groups in total. The van der Waals surface area contributed by atoms with Crippen LogP contribution in [0.2, 0.25) is 19.6 Å². The van der Waals surface area contributed by atoms with E-state index >= 15 is 0 Å². The van der Waals surface area contributed by atoms with Crippen LogP contribution in [0.3, 0.4) is 0 Å². The molecule has 0 saturated carbocycles. The zero-order valence-corrected chi connectivity index (χ0v) is 58.3. The third-order valence-corrected chi connectivity index (χ3v) is 30.1. The molecule has 0 atom stereocenters. The van der Waals surface area contributed by atoms with E-state index < -0.39 is 16.9 Å². The maximum absolute atomic E-state index is 7.72. The van der Waals surface area contributed by atoms with Gasteiger partial charge < -0.3 is 9.47 Å². The van der Waals surface area contributed by atoms with Crippen LogP contribution >= 0.6 is 0 Å². The van der Waals surface area contributed by atoms with Crippen LogP contribution in [-0.4, -0.2) is 40.3 Å². The van der Waals surface area contributed by atoms with Crippen molar-refractivity contribution in [1.82, 2.24) is 9.97 Å². The maximum Gasteiger partial charge on any atom is 0.258 e. The second-order valence-corrected chi connectivity index (χ2v) is 38.4. The highest BCUT2D eigenvalue weighted by molar-refractivity contribution is 7.03. The SMILES string of the molecule is C[SiH]1c2ccccc2N(c2cc3c4c(n2)N(c2ccc5c(c2)C(C)(C)CCC5(C)C)c2ccccc2B4c2cc4c(cc2O3)Oc2cc(N3c5ccccc5[Si](C)(C)c5ccccc53)nc3c2B4c2ccccc2N3c2ccc3c(c2)C(C)(C)CCC3(C)C)c2ccccc21. The molecule has 8 aliphatic rings. The lowest BCUT2D eigenvalue weighted by Crippen LogP contribution is -2.63. The molecular weight excluding hydrogens is 1190 g/mol. The molecule has 11 aromatic rings. The Bertz CT molecular complexity index is 5100. The normalized spacial score (nSPS) is 18.3. The first-order valence-corrected chi connectivity index (χ1v) is 39.8. The van der Waals surface area contributed by atoms with Crippen LogP contribution in [-0.2, 0) is 21.7 Å². The number of rotatable bonds is 4. The number of pyridine rings is 2. The van der Waals surface area contributed by atoms with E-state index in [-0.39, 0.29) is 35.1 Å². The van der Waals surface area contributed by atoms with E-state index in [0.717, 1.165) is 117 Å². The number of hydrogen-bond donors (Lipinski definition) is 0. The van der Waals surface area contributed by atoms with E-state index in [1.807, 2.05) is 0 Å². The first-order chi connectivity index (χ1) is 45.8. The maximum atomic E-state index is 7.72. The topological polar surface area (TPSA) is 57.2 Å².